The van der Waals surface area contributed by atoms with Gasteiger partial charge in [-0.15, -0.1) is 0 Å². The number of carbonyl (C=O) groups excluding carboxylic acids is 1. The molecule has 1 atom stereocenters. The molecule has 0 spiro atoms. The molecule has 0 aliphatic carbocycles. The van der Waals surface area contributed by atoms with Crippen molar-refractivity contribution in [1.29, 1.82) is 0 Å². The zero-order valence-corrected chi connectivity index (χ0v) is 15.3. The predicted octanol–water partition coefficient (Wildman–Crippen LogP) is 3.64. The van der Waals surface area contributed by atoms with Gasteiger partial charge in [-0.2, -0.15) is 0 Å². The van der Waals surface area contributed by atoms with Crippen LogP contribution in [0.4, 0.5) is 4.79 Å². The molecule has 1 aromatic rings. The lowest BCUT2D eigenvalue weighted by Crippen LogP contribution is -2.41. The van der Waals surface area contributed by atoms with Crippen molar-refractivity contribution in [3.8, 4) is 0 Å². The lowest BCUT2D eigenvalue weighted by molar-refractivity contribution is 0.00578. The quantitative estimate of drug-likeness (QED) is 0.808. The van der Waals surface area contributed by atoms with Gasteiger partial charge in [-0.3, -0.25) is 0 Å². The second-order valence-corrected chi connectivity index (χ2v) is 7.47. The monoisotopic (exact) mass is 333 g/mol. The molecule has 1 saturated heterocycles. The number of hydrogen-bond donors (Lipinski definition) is 1. The Morgan fingerprint density at radius 1 is 1.17 bits per heavy atom. The van der Waals surface area contributed by atoms with Gasteiger partial charge in [0.05, 0.1) is 11.2 Å². The minimum Gasteiger partial charge on any atom is -0.445 e. The summed E-state index contributed by atoms with van der Waals surface area (Å²) in [6, 6.07) is 9.62. The van der Waals surface area contributed by atoms with Gasteiger partial charge in [0, 0.05) is 6.54 Å². The smallest absolute Gasteiger partial charge is 0.445 e. The lowest BCUT2D eigenvalue weighted by Gasteiger charge is -2.32. The fourth-order valence-electron chi connectivity index (χ4n) is 2.50. The number of amides is 1. The van der Waals surface area contributed by atoms with Gasteiger partial charge in [0.2, 0.25) is 0 Å². The topological polar surface area (TPSA) is 56.8 Å². The maximum absolute atomic E-state index is 11.8. The van der Waals surface area contributed by atoms with Crippen LogP contribution in [0.2, 0.25) is 6.32 Å². The molecule has 6 heteroatoms. The molecule has 0 aromatic heterocycles. The van der Waals surface area contributed by atoms with Crippen LogP contribution >= 0.6 is 0 Å². The van der Waals surface area contributed by atoms with Crippen LogP contribution in [-0.4, -0.2) is 31.0 Å². The lowest BCUT2D eigenvalue weighted by atomic mass is 9.78. The van der Waals surface area contributed by atoms with E-state index in [-0.39, 0.29) is 30.8 Å². The number of hydrogen-bond acceptors (Lipinski definition) is 4. The second-order valence-electron chi connectivity index (χ2n) is 7.47. The first-order chi connectivity index (χ1) is 11.2. The summed E-state index contributed by atoms with van der Waals surface area (Å²) in [6.07, 6.45) is 0.325. The van der Waals surface area contributed by atoms with Crippen LogP contribution in [0.1, 0.15) is 40.2 Å². The summed E-state index contributed by atoms with van der Waals surface area (Å²) in [4.78, 5) is 11.8. The van der Waals surface area contributed by atoms with Gasteiger partial charge < -0.3 is 19.4 Å². The van der Waals surface area contributed by atoms with E-state index in [0.29, 0.717) is 6.54 Å². The van der Waals surface area contributed by atoms with Crippen molar-refractivity contribution < 1.29 is 18.8 Å². The number of rotatable bonds is 6. The summed E-state index contributed by atoms with van der Waals surface area (Å²) in [7, 11) is -0.243. The highest BCUT2D eigenvalue weighted by molar-refractivity contribution is 6.45. The van der Waals surface area contributed by atoms with E-state index in [2.05, 4.69) is 12.2 Å². The standard InChI is InChI=1S/C18H28BNO4/c1-14(11-19-23-17(2,3)18(4,5)24-19)12-20-16(21)22-13-15-9-7-6-8-10-15/h6-10,14H,11-13H2,1-5H3,(H,20,21). The Morgan fingerprint density at radius 2 is 1.75 bits per heavy atom. The Hall–Kier alpha value is -1.53. The second kappa shape index (κ2) is 7.57. The van der Waals surface area contributed by atoms with Gasteiger partial charge in [0.15, 0.2) is 0 Å². The zero-order valence-electron chi connectivity index (χ0n) is 15.3. The maximum Gasteiger partial charge on any atom is 0.458 e. The van der Waals surface area contributed by atoms with E-state index in [9.17, 15) is 4.79 Å². The predicted molar refractivity (Wildman–Crippen MR) is 94.7 cm³/mol. The first kappa shape index (κ1) is 18.8. The van der Waals surface area contributed by atoms with E-state index in [1.807, 2.05) is 58.0 Å². The molecule has 1 fully saturated rings. The Bertz CT molecular complexity index is 531. The van der Waals surface area contributed by atoms with Crippen LogP contribution in [-0.2, 0) is 20.7 Å². The Morgan fingerprint density at radius 3 is 2.33 bits per heavy atom. The van der Waals surface area contributed by atoms with Gasteiger partial charge >= 0.3 is 13.2 Å². The molecule has 2 rings (SSSR count). The molecule has 24 heavy (non-hydrogen) atoms. The van der Waals surface area contributed by atoms with E-state index in [0.717, 1.165) is 11.9 Å². The minimum atomic E-state index is -0.403. The van der Waals surface area contributed by atoms with Gasteiger partial charge in [-0.05, 0) is 45.5 Å². The third-order valence-corrected chi connectivity index (χ3v) is 4.70. The molecule has 0 saturated carbocycles. The Balaban J connectivity index is 1.68. The average molecular weight is 333 g/mol. The van der Waals surface area contributed by atoms with Gasteiger partial charge in [-0.1, -0.05) is 37.3 Å². The first-order valence-electron chi connectivity index (χ1n) is 8.50. The van der Waals surface area contributed by atoms with E-state index in [1.54, 1.807) is 0 Å². The summed E-state index contributed by atoms with van der Waals surface area (Å²) >= 11 is 0. The molecule has 0 radical (unpaired) electrons. The van der Waals surface area contributed by atoms with Gasteiger partial charge in [-0.25, -0.2) is 4.79 Å². The molecule has 1 N–H and O–H groups in total. The Kier molecular flexibility index (Phi) is 5.94. The highest BCUT2D eigenvalue weighted by Gasteiger charge is 2.50. The van der Waals surface area contributed by atoms with Gasteiger partial charge in [0.1, 0.15) is 6.61 Å². The number of ether oxygens (including phenoxy) is 1. The third-order valence-electron chi connectivity index (χ3n) is 4.70. The molecule has 1 aromatic carbocycles. The highest BCUT2D eigenvalue weighted by Crippen LogP contribution is 2.38. The van der Waals surface area contributed by atoms with Crippen LogP contribution < -0.4 is 5.32 Å². The van der Waals surface area contributed by atoms with Crippen molar-refractivity contribution in [2.45, 2.75) is 58.7 Å². The molecule has 1 amide bonds. The zero-order chi connectivity index (χ0) is 17.8. The van der Waals surface area contributed by atoms with Crippen LogP contribution in [0.15, 0.2) is 30.3 Å². The summed E-state index contributed by atoms with van der Waals surface area (Å²) < 4.78 is 17.2. The van der Waals surface area contributed by atoms with Crippen LogP contribution in [0.5, 0.6) is 0 Å². The molecule has 5 nitrogen and oxygen atoms in total. The van der Waals surface area contributed by atoms with Crippen molar-refractivity contribution in [3.63, 3.8) is 0 Å². The van der Waals surface area contributed by atoms with E-state index < -0.39 is 6.09 Å². The summed E-state index contributed by atoms with van der Waals surface area (Å²) in [5, 5.41) is 2.80. The summed E-state index contributed by atoms with van der Waals surface area (Å²) in [6.45, 7) is 11.0. The van der Waals surface area contributed by atoms with Crippen molar-refractivity contribution in [2.75, 3.05) is 6.54 Å². The van der Waals surface area contributed by atoms with Crippen LogP contribution in [0, 0.1) is 5.92 Å². The maximum atomic E-state index is 11.8. The summed E-state index contributed by atoms with van der Waals surface area (Å²) in [5.41, 5.74) is 0.330. The van der Waals surface area contributed by atoms with Crippen LogP contribution in [0.25, 0.3) is 0 Å². The van der Waals surface area contributed by atoms with Crippen LogP contribution in [0.3, 0.4) is 0 Å². The van der Waals surface area contributed by atoms with Crippen molar-refractivity contribution >= 4 is 13.2 Å². The van der Waals surface area contributed by atoms with E-state index in [1.165, 1.54) is 0 Å². The molecule has 0 bridgehead atoms. The summed E-state index contributed by atoms with van der Waals surface area (Å²) in [5.74, 6) is 0.226. The normalized spacial score (nSPS) is 19.8. The van der Waals surface area contributed by atoms with E-state index >= 15 is 0 Å². The SMILES string of the molecule is CC(CNC(=O)OCc1ccccc1)CB1OC(C)(C)C(C)(C)O1. The van der Waals surface area contributed by atoms with E-state index in [4.69, 9.17) is 14.0 Å². The molecule has 1 aliphatic rings. The molecular weight excluding hydrogens is 305 g/mol. The average Bonchev–Trinajstić information content (AvgIpc) is 2.71. The number of carbonyl (C=O) groups is 1. The van der Waals surface area contributed by atoms with Crippen molar-refractivity contribution in [1.82, 2.24) is 5.32 Å². The van der Waals surface area contributed by atoms with Gasteiger partial charge in [0.25, 0.3) is 0 Å². The molecular formula is C18H28BNO4. The minimum absolute atomic E-state index is 0.226. The fourth-order valence-corrected chi connectivity index (χ4v) is 2.50. The number of nitrogens with one attached hydrogen (secondary N) is 1. The fraction of sp³-hybridized carbons (Fsp3) is 0.611. The number of benzene rings is 1. The Labute approximate surface area is 145 Å². The highest BCUT2D eigenvalue weighted by atomic mass is 16.7. The number of alkyl carbamates (subject to hydrolysis) is 1. The third kappa shape index (κ3) is 4.98. The van der Waals surface area contributed by atoms with Crippen molar-refractivity contribution in [2.24, 2.45) is 5.92 Å². The first-order valence-corrected chi connectivity index (χ1v) is 8.50. The molecule has 132 valence electrons. The molecule has 1 unspecified atom stereocenters. The molecule has 1 aliphatic heterocycles. The largest absolute Gasteiger partial charge is 0.458 e. The van der Waals surface area contributed by atoms with Crippen molar-refractivity contribution in [3.05, 3.63) is 35.9 Å². The molecule has 1 heterocycles.